The van der Waals surface area contributed by atoms with Crippen molar-refractivity contribution in [3.63, 3.8) is 0 Å². The van der Waals surface area contributed by atoms with Crippen LogP contribution in [0.25, 0.3) is 0 Å². The summed E-state index contributed by atoms with van der Waals surface area (Å²) >= 11 is 1.84. The third kappa shape index (κ3) is 4.12. The van der Waals surface area contributed by atoms with Gasteiger partial charge >= 0.3 is 0 Å². The highest BCUT2D eigenvalue weighted by molar-refractivity contribution is 7.98. The van der Waals surface area contributed by atoms with Crippen LogP contribution in [-0.4, -0.2) is 26.0 Å². The van der Waals surface area contributed by atoms with Crippen LogP contribution in [-0.2, 0) is 5.75 Å². The van der Waals surface area contributed by atoms with Gasteiger partial charge in [-0.2, -0.15) is 0 Å². The molecule has 0 spiro atoms. The summed E-state index contributed by atoms with van der Waals surface area (Å²) < 4.78 is 5.50. The predicted molar refractivity (Wildman–Crippen MR) is 102 cm³/mol. The standard InChI is InChI=1S/C20H24N2OS/c1-15-9-10-18(23-2)16(13-15)14-24-19-8-4-3-7-17(19)20-21-11-5-6-12-22-20/h3-4,7-10,13H,5-6,11-12,14H2,1-2H3,(H,21,22). The molecule has 24 heavy (non-hydrogen) atoms. The van der Waals surface area contributed by atoms with E-state index in [0.29, 0.717) is 0 Å². The summed E-state index contributed by atoms with van der Waals surface area (Å²) in [6.45, 7) is 4.03. The normalized spacial score (nSPS) is 14.5. The second-order valence-corrected chi connectivity index (χ2v) is 6.98. The molecule has 0 saturated carbocycles. The molecule has 0 fully saturated rings. The highest BCUT2D eigenvalue weighted by Gasteiger charge is 2.12. The number of aliphatic imine (C=N–C) groups is 1. The summed E-state index contributed by atoms with van der Waals surface area (Å²) in [5.74, 6) is 2.87. The van der Waals surface area contributed by atoms with Gasteiger partial charge in [0.2, 0.25) is 0 Å². The van der Waals surface area contributed by atoms with Crippen molar-refractivity contribution in [2.45, 2.75) is 30.4 Å². The van der Waals surface area contributed by atoms with E-state index < -0.39 is 0 Å². The van der Waals surface area contributed by atoms with Crippen LogP contribution < -0.4 is 10.1 Å². The molecule has 3 nitrogen and oxygen atoms in total. The molecule has 1 heterocycles. The van der Waals surface area contributed by atoms with E-state index in [9.17, 15) is 0 Å². The quantitative estimate of drug-likeness (QED) is 0.818. The van der Waals surface area contributed by atoms with Crippen molar-refractivity contribution in [2.75, 3.05) is 20.2 Å². The van der Waals surface area contributed by atoms with Crippen molar-refractivity contribution in [2.24, 2.45) is 4.99 Å². The lowest BCUT2D eigenvalue weighted by molar-refractivity contribution is 0.411. The molecule has 3 rings (SSSR count). The Kier molecular flexibility index (Phi) is 5.81. The van der Waals surface area contributed by atoms with Gasteiger partial charge in [0.25, 0.3) is 0 Å². The Morgan fingerprint density at radius 2 is 2.04 bits per heavy atom. The molecular weight excluding hydrogens is 316 g/mol. The first-order valence-corrected chi connectivity index (χ1v) is 9.40. The molecule has 0 amide bonds. The molecule has 0 aliphatic carbocycles. The molecule has 1 N–H and O–H groups in total. The molecule has 0 aromatic heterocycles. The number of methoxy groups -OCH3 is 1. The van der Waals surface area contributed by atoms with Crippen molar-refractivity contribution in [3.05, 3.63) is 59.2 Å². The molecule has 1 aliphatic heterocycles. The molecule has 0 bridgehead atoms. The fourth-order valence-corrected chi connectivity index (χ4v) is 3.87. The monoisotopic (exact) mass is 340 g/mol. The van der Waals surface area contributed by atoms with E-state index in [2.05, 4.69) is 48.6 Å². The lowest BCUT2D eigenvalue weighted by Gasteiger charge is -2.13. The number of benzene rings is 2. The fraction of sp³-hybridized carbons (Fsp3) is 0.350. The molecule has 0 atom stereocenters. The number of rotatable bonds is 5. The average molecular weight is 340 g/mol. The van der Waals surface area contributed by atoms with E-state index in [1.165, 1.54) is 28.0 Å². The Hall–Kier alpha value is -1.94. The van der Waals surface area contributed by atoms with Crippen LogP contribution in [0.3, 0.4) is 0 Å². The van der Waals surface area contributed by atoms with Crippen LogP contribution in [0, 0.1) is 6.92 Å². The van der Waals surface area contributed by atoms with E-state index in [1.54, 1.807) is 7.11 Å². The van der Waals surface area contributed by atoms with Crippen molar-refractivity contribution in [1.82, 2.24) is 5.32 Å². The number of ether oxygens (including phenoxy) is 1. The molecular formula is C20H24N2OS. The van der Waals surface area contributed by atoms with Crippen molar-refractivity contribution < 1.29 is 4.74 Å². The Labute approximate surface area is 148 Å². The first-order valence-electron chi connectivity index (χ1n) is 8.42. The van der Waals surface area contributed by atoms with Crippen LogP contribution in [0.4, 0.5) is 0 Å². The third-order valence-corrected chi connectivity index (χ3v) is 5.23. The third-order valence-electron chi connectivity index (χ3n) is 4.11. The van der Waals surface area contributed by atoms with Crippen molar-refractivity contribution >= 4 is 17.6 Å². The zero-order valence-electron chi connectivity index (χ0n) is 14.3. The number of hydrogen-bond donors (Lipinski definition) is 1. The minimum Gasteiger partial charge on any atom is -0.496 e. The SMILES string of the molecule is COc1ccc(C)cc1CSc1ccccc1C1=NCCCCN1. The van der Waals surface area contributed by atoms with Crippen LogP contribution in [0.5, 0.6) is 5.75 Å². The second kappa shape index (κ2) is 8.25. The van der Waals surface area contributed by atoms with Crippen LogP contribution in [0.15, 0.2) is 52.4 Å². The van der Waals surface area contributed by atoms with E-state index in [4.69, 9.17) is 9.73 Å². The summed E-state index contributed by atoms with van der Waals surface area (Å²) in [5.41, 5.74) is 3.69. The molecule has 126 valence electrons. The van der Waals surface area contributed by atoms with Gasteiger partial charge in [-0.05, 0) is 31.9 Å². The predicted octanol–water partition coefficient (Wildman–Crippen LogP) is 4.43. The fourth-order valence-electron chi connectivity index (χ4n) is 2.83. The lowest BCUT2D eigenvalue weighted by atomic mass is 10.1. The summed E-state index contributed by atoms with van der Waals surface area (Å²) in [5, 5.41) is 3.48. The Morgan fingerprint density at radius 1 is 1.17 bits per heavy atom. The Morgan fingerprint density at radius 3 is 2.92 bits per heavy atom. The Bertz CT molecular complexity index is 727. The second-order valence-electron chi connectivity index (χ2n) is 5.96. The molecule has 0 unspecified atom stereocenters. The maximum Gasteiger partial charge on any atom is 0.129 e. The molecule has 2 aromatic rings. The zero-order valence-corrected chi connectivity index (χ0v) is 15.2. The van der Waals surface area contributed by atoms with Gasteiger partial charge in [0.15, 0.2) is 0 Å². The van der Waals surface area contributed by atoms with Crippen molar-refractivity contribution in [3.8, 4) is 5.75 Å². The summed E-state index contributed by atoms with van der Waals surface area (Å²) in [6.07, 6.45) is 2.34. The molecule has 0 radical (unpaired) electrons. The van der Waals surface area contributed by atoms with E-state index in [-0.39, 0.29) is 0 Å². The van der Waals surface area contributed by atoms with Gasteiger partial charge in [0, 0.05) is 34.9 Å². The van der Waals surface area contributed by atoms with Gasteiger partial charge in [0.1, 0.15) is 11.6 Å². The summed E-state index contributed by atoms with van der Waals surface area (Å²) in [7, 11) is 1.73. The minimum atomic E-state index is 0.884. The number of amidine groups is 1. The number of aryl methyl sites for hydroxylation is 1. The summed E-state index contributed by atoms with van der Waals surface area (Å²) in [4.78, 5) is 5.98. The van der Waals surface area contributed by atoms with Gasteiger partial charge < -0.3 is 10.1 Å². The smallest absolute Gasteiger partial charge is 0.129 e. The molecule has 0 saturated heterocycles. The number of hydrogen-bond acceptors (Lipinski definition) is 4. The van der Waals surface area contributed by atoms with E-state index >= 15 is 0 Å². The van der Waals surface area contributed by atoms with Crippen LogP contribution in [0.1, 0.15) is 29.5 Å². The number of thioether (sulfide) groups is 1. The van der Waals surface area contributed by atoms with E-state index in [1.807, 2.05) is 17.8 Å². The van der Waals surface area contributed by atoms with Gasteiger partial charge in [0.05, 0.1) is 7.11 Å². The first kappa shape index (κ1) is 16.9. The minimum absolute atomic E-state index is 0.884. The van der Waals surface area contributed by atoms with Gasteiger partial charge in [-0.1, -0.05) is 35.9 Å². The Balaban J connectivity index is 1.81. The van der Waals surface area contributed by atoms with Crippen molar-refractivity contribution in [1.29, 1.82) is 0 Å². The number of nitrogens with zero attached hydrogens (tertiary/aromatic N) is 1. The topological polar surface area (TPSA) is 33.6 Å². The van der Waals surface area contributed by atoms with E-state index in [0.717, 1.165) is 36.8 Å². The highest BCUT2D eigenvalue weighted by atomic mass is 32.2. The molecule has 1 aliphatic rings. The maximum absolute atomic E-state index is 5.50. The molecule has 4 heteroatoms. The largest absolute Gasteiger partial charge is 0.496 e. The maximum atomic E-state index is 5.50. The molecule has 2 aromatic carbocycles. The summed E-state index contributed by atoms with van der Waals surface area (Å²) in [6, 6.07) is 14.9. The van der Waals surface area contributed by atoms with Crippen LogP contribution in [0.2, 0.25) is 0 Å². The van der Waals surface area contributed by atoms with Crippen LogP contribution >= 0.6 is 11.8 Å². The average Bonchev–Trinajstić information content (AvgIpc) is 2.89. The van der Waals surface area contributed by atoms with Gasteiger partial charge in [-0.15, -0.1) is 11.8 Å². The lowest BCUT2D eigenvalue weighted by Crippen LogP contribution is -2.24. The first-order chi connectivity index (χ1) is 11.8. The number of nitrogens with one attached hydrogen (secondary N) is 1. The van der Waals surface area contributed by atoms with Gasteiger partial charge in [-0.25, -0.2) is 0 Å². The zero-order chi connectivity index (χ0) is 16.8. The highest BCUT2D eigenvalue weighted by Crippen LogP contribution is 2.31. The van der Waals surface area contributed by atoms with Gasteiger partial charge in [-0.3, -0.25) is 4.99 Å².